The number of aromatic nitrogens is 2. The van der Waals surface area contributed by atoms with Crippen molar-refractivity contribution in [3.05, 3.63) is 17.0 Å². The van der Waals surface area contributed by atoms with Crippen LogP contribution in [0.2, 0.25) is 5.15 Å². The molecule has 1 aromatic rings. The van der Waals surface area contributed by atoms with Crippen molar-refractivity contribution in [3.8, 4) is 0 Å². The molecule has 0 saturated heterocycles. The Morgan fingerprint density at radius 3 is 2.88 bits per heavy atom. The normalized spacial score (nSPS) is 23.9. The molecule has 2 unspecified atom stereocenters. The van der Waals surface area contributed by atoms with Gasteiger partial charge in [0.2, 0.25) is 0 Å². The zero-order valence-corrected chi connectivity index (χ0v) is 11.3. The average Bonchev–Trinajstić information content (AvgIpc) is 2.72. The lowest BCUT2D eigenvalue weighted by Crippen LogP contribution is -2.13. The summed E-state index contributed by atoms with van der Waals surface area (Å²) in [5, 5.41) is 3.91. The van der Waals surface area contributed by atoms with Gasteiger partial charge in [0.25, 0.3) is 0 Å². The Balaban J connectivity index is 1.92. The van der Waals surface area contributed by atoms with Crippen LogP contribution in [0.3, 0.4) is 0 Å². The van der Waals surface area contributed by atoms with E-state index in [2.05, 4.69) is 22.2 Å². The first-order valence-electron chi connectivity index (χ1n) is 6.44. The highest BCUT2D eigenvalue weighted by Crippen LogP contribution is 2.30. The van der Waals surface area contributed by atoms with Crippen LogP contribution in [0.15, 0.2) is 6.07 Å². The van der Waals surface area contributed by atoms with Crippen LogP contribution in [-0.2, 0) is 6.42 Å². The first-order valence-corrected chi connectivity index (χ1v) is 6.82. The Labute approximate surface area is 108 Å². The first-order chi connectivity index (χ1) is 8.17. The molecule has 2 rings (SSSR count). The highest BCUT2D eigenvalue weighted by atomic mass is 35.5. The van der Waals surface area contributed by atoms with Crippen LogP contribution in [-0.4, -0.2) is 16.5 Å². The Morgan fingerprint density at radius 1 is 1.41 bits per heavy atom. The Morgan fingerprint density at radius 2 is 2.24 bits per heavy atom. The summed E-state index contributed by atoms with van der Waals surface area (Å²) in [5.41, 5.74) is 0. The predicted molar refractivity (Wildman–Crippen MR) is 71.4 cm³/mol. The zero-order valence-electron chi connectivity index (χ0n) is 10.5. The molecule has 1 heterocycles. The van der Waals surface area contributed by atoms with Crippen LogP contribution in [0.25, 0.3) is 0 Å². The third kappa shape index (κ3) is 3.56. The number of nitrogens with one attached hydrogen (secondary N) is 1. The van der Waals surface area contributed by atoms with E-state index in [4.69, 9.17) is 11.6 Å². The van der Waals surface area contributed by atoms with Gasteiger partial charge in [-0.05, 0) is 24.7 Å². The molecule has 1 aromatic heterocycles. The van der Waals surface area contributed by atoms with Crippen molar-refractivity contribution in [2.75, 3.05) is 11.9 Å². The first kappa shape index (κ1) is 12.6. The molecule has 0 aliphatic heterocycles. The maximum Gasteiger partial charge on any atom is 0.134 e. The lowest BCUT2D eigenvalue weighted by molar-refractivity contribution is 0.536. The second-order valence-corrected chi connectivity index (χ2v) is 5.40. The van der Waals surface area contributed by atoms with E-state index in [0.29, 0.717) is 5.15 Å². The van der Waals surface area contributed by atoms with Crippen LogP contribution in [0.5, 0.6) is 0 Å². The number of hydrogen-bond donors (Lipinski definition) is 1. The van der Waals surface area contributed by atoms with Crippen LogP contribution in [0.4, 0.5) is 5.82 Å². The minimum absolute atomic E-state index is 0.527. The molecule has 0 amide bonds. The van der Waals surface area contributed by atoms with E-state index < -0.39 is 0 Å². The molecule has 3 nitrogen and oxygen atoms in total. The number of aryl methyl sites for hydroxylation is 1. The number of rotatable bonds is 4. The van der Waals surface area contributed by atoms with Crippen molar-refractivity contribution in [3.63, 3.8) is 0 Å². The highest BCUT2D eigenvalue weighted by Gasteiger charge is 2.20. The highest BCUT2D eigenvalue weighted by molar-refractivity contribution is 6.29. The minimum atomic E-state index is 0.527. The van der Waals surface area contributed by atoms with Gasteiger partial charge in [0.05, 0.1) is 0 Å². The molecular formula is C13H20ClN3. The third-order valence-electron chi connectivity index (χ3n) is 3.43. The minimum Gasteiger partial charge on any atom is -0.370 e. The summed E-state index contributed by atoms with van der Waals surface area (Å²) in [6, 6.07) is 1.80. The second-order valence-electron chi connectivity index (χ2n) is 5.01. The van der Waals surface area contributed by atoms with Gasteiger partial charge in [-0.3, -0.25) is 0 Å². The zero-order chi connectivity index (χ0) is 12.3. The van der Waals surface area contributed by atoms with Gasteiger partial charge in [0, 0.05) is 19.0 Å². The molecule has 1 aliphatic rings. The molecule has 1 fully saturated rings. The molecule has 0 bridgehead atoms. The van der Waals surface area contributed by atoms with Crippen molar-refractivity contribution in [1.29, 1.82) is 0 Å². The Bertz CT molecular complexity index is 381. The van der Waals surface area contributed by atoms with E-state index in [1.807, 2.05) is 6.92 Å². The largest absolute Gasteiger partial charge is 0.370 e. The quantitative estimate of drug-likeness (QED) is 0.834. The van der Waals surface area contributed by atoms with Crippen molar-refractivity contribution in [2.24, 2.45) is 11.8 Å². The molecular weight excluding hydrogens is 234 g/mol. The molecule has 17 heavy (non-hydrogen) atoms. The van der Waals surface area contributed by atoms with Gasteiger partial charge in [-0.15, -0.1) is 0 Å². The Hall–Kier alpha value is -0.830. The lowest BCUT2D eigenvalue weighted by atomic mass is 10.1. The Kier molecular flexibility index (Phi) is 4.21. The predicted octanol–water partition coefficient (Wildman–Crippen LogP) is 3.54. The number of nitrogens with zero attached hydrogens (tertiary/aromatic N) is 2. The summed E-state index contributed by atoms with van der Waals surface area (Å²) in [6.45, 7) is 5.37. The maximum atomic E-state index is 5.96. The van der Waals surface area contributed by atoms with Crippen LogP contribution in [0, 0.1) is 11.8 Å². The van der Waals surface area contributed by atoms with E-state index in [0.717, 1.165) is 36.4 Å². The smallest absolute Gasteiger partial charge is 0.134 e. The topological polar surface area (TPSA) is 37.8 Å². The van der Waals surface area contributed by atoms with Crippen molar-refractivity contribution in [2.45, 2.75) is 39.5 Å². The van der Waals surface area contributed by atoms with Gasteiger partial charge in [0.1, 0.15) is 16.8 Å². The molecule has 0 radical (unpaired) electrons. The molecule has 0 spiro atoms. The second kappa shape index (κ2) is 5.67. The van der Waals surface area contributed by atoms with Gasteiger partial charge in [0.15, 0.2) is 0 Å². The summed E-state index contributed by atoms with van der Waals surface area (Å²) in [6.07, 6.45) is 4.83. The van der Waals surface area contributed by atoms with E-state index in [9.17, 15) is 0 Å². The number of hydrogen-bond acceptors (Lipinski definition) is 3. The van der Waals surface area contributed by atoms with E-state index in [1.165, 1.54) is 19.3 Å². The molecule has 1 aliphatic carbocycles. The number of halogens is 1. The number of anilines is 1. The summed E-state index contributed by atoms with van der Waals surface area (Å²) in [7, 11) is 0. The summed E-state index contributed by atoms with van der Waals surface area (Å²) < 4.78 is 0. The average molecular weight is 254 g/mol. The van der Waals surface area contributed by atoms with Crippen molar-refractivity contribution < 1.29 is 0 Å². The molecule has 1 N–H and O–H groups in total. The van der Waals surface area contributed by atoms with Gasteiger partial charge in [-0.25, -0.2) is 9.97 Å². The molecule has 2 atom stereocenters. The molecule has 4 heteroatoms. The van der Waals surface area contributed by atoms with E-state index in [-0.39, 0.29) is 0 Å². The van der Waals surface area contributed by atoms with Crippen LogP contribution >= 0.6 is 11.6 Å². The fraction of sp³-hybridized carbons (Fsp3) is 0.692. The summed E-state index contributed by atoms with van der Waals surface area (Å²) in [4.78, 5) is 8.58. The van der Waals surface area contributed by atoms with Crippen LogP contribution < -0.4 is 5.32 Å². The fourth-order valence-electron chi connectivity index (χ4n) is 2.47. The van der Waals surface area contributed by atoms with Gasteiger partial charge in [-0.1, -0.05) is 31.9 Å². The van der Waals surface area contributed by atoms with E-state index in [1.54, 1.807) is 6.07 Å². The third-order valence-corrected chi connectivity index (χ3v) is 3.63. The fourth-order valence-corrected chi connectivity index (χ4v) is 2.67. The SMILES string of the molecule is CCc1nc(Cl)cc(NCC2CCC(C)C2)n1. The van der Waals surface area contributed by atoms with Gasteiger partial charge < -0.3 is 5.32 Å². The standard InChI is InChI=1S/C13H20ClN3/c1-3-12-16-11(14)7-13(17-12)15-8-10-5-4-9(2)6-10/h7,9-10H,3-6,8H2,1-2H3,(H,15,16,17). The van der Waals surface area contributed by atoms with Crippen LogP contribution in [0.1, 0.15) is 38.9 Å². The van der Waals surface area contributed by atoms with Gasteiger partial charge in [-0.2, -0.15) is 0 Å². The summed E-state index contributed by atoms with van der Waals surface area (Å²) >= 11 is 5.96. The maximum absolute atomic E-state index is 5.96. The van der Waals surface area contributed by atoms with Crippen molar-refractivity contribution >= 4 is 17.4 Å². The molecule has 0 aromatic carbocycles. The summed E-state index contributed by atoms with van der Waals surface area (Å²) in [5.74, 6) is 3.33. The molecule has 1 saturated carbocycles. The molecule has 94 valence electrons. The monoisotopic (exact) mass is 253 g/mol. The van der Waals surface area contributed by atoms with E-state index >= 15 is 0 Å². The van der Waals surface area contributed by atoms with Gasteiger partial charge >= 0.3 is 0 Å². The lowest BCUT2D eigenvalue weighted by Gasteiger charge is -2.12. The van der Waals surface area contributed by atoms with Crippen molar-refractivity contribution in [1.82, 2.24) is 9.97 Å².